The smallest absolute Gasteiger partial charge is 0.123 e. The molecule has 0 amide bonds. The van der Waals surface area contributed by atoms with Crippen molar-refractivity contribution >= 4 is 6.08 Å². The molecule has 1 fully saturated rings. The van der Waals surface area contributed by atoms with Gasteiger partial charge in [-0.15, -0.1) is 0 Å². The van der Waals surface area contributed by atoms with Crippen LogP contribution >= 0.6 is 0 Å². The molecule has 0 aliphatic carbocycles. The topological polar surface area (TPSA) is 6.48 Å². The zero-order valence-corrected chi connectivity index (χ0v) is 9.56. The van der Waals surface area contributed by atoms with Crippen LogP contribution in [0.15, 0.2) is 30.5 Å². The molecule has 0 aromatic heterocycles. The molecule has 0 unspecified atom stereocenters. The first-order valence-electron chi connectivity index (χ1n) is 5.60. The van der Waals surface area contributed by atoms with Crippen molar-refractivity contribution in [1.29, 1.82) is 0 Å². The van der Waals surface area contributed by atoms with Gasteiger partial charge in [0.25, 0.3) is 0 Å². The van der Waals surface area contributed by atoms with Gasteiger partial charge >= 0.3 is 0 Å². The van der Waals surface area contributed by atoms with E-state index in [1.54, 1.807) is 12.1 Å². The van der Waals surface area contributed by atoms with Gasteiger partial charge < -0.3 is 9.80 Å². The zero-order chi connectivity index (χ0) is 11.4. The number of piperazine rings is 1. The minimum absolute atomic E-state index is 0.180. The van der Waals surface area contributed by atoms with E-state index in [-0.39, 0.29) is 5.82 Å². The van der Waals surface area contributed by atoms with Crippen molar-refractivity contribution in [1.82, 2.24) is 9.80 Å². The summed E-state index contributed by atoms with van der Waals surface area (Å²) in [4.78, 5) is 4.58. The highest BCUT2D eigenvalue weighted by atomic mass is 19.1. The van der Waals surface area contributed by atoms with Crippen LogP contribution in [0.4, 0.5) is 4.39 Å². The normalized spacial score (nSPS) is 18.2. The predicted molar refractivity (Wildman–Crippen MR) is 64.5 cm³/mol. The van der Waals surface area contributed by atoms with E-state index in [9.17, 15) is 4.39 Å². The molecule has 0 bridgehead atoms. The van der Waals surface area contributed by atoms with Crippen LogP contribution < -0.4 is 0 Å². The standard InChI is InChI=1S/C13H17FN2/c1-15-7-9-16(10-8-15)6-5-12-3-2-4-13(14)11-12/h2-6,11H,7-10H2,1H3/b6-5+. The van der Waals surface area contributed by atoms with Crippen molar-refractivity contribution in [2.24, 2.45) is 0 Å². The molecule has 86 valence electrons. The maximum absolute atomic E-state index is 12.9. The Morgan fingerprint density at radius 3 is 2.62 bits per heavy atom. The fourth-order valence-corrected chi connectivity index (χ4v) is 1.77. The van der Waals surface area contributed by atoms with E-state index in [0.29, 0.717) is 0 Å². The Balaban J connectivity index is 1.94. The van der Waals surface area contributed by atoms with Crippen LogP contribution in [0.3, 0.4) is 0 Å². The summed E-state index contributed by atoms with van der Waals surface area (Å²) < 4.78 is 12.9. The number of hydrogen-bond acceptors (Lipinski definition) is 2. The quantitative estimate of drug-likeness (QED) is 0.752. The molecule has 1 aromatic carbocycles. The average Bonchev–Trinajstić information content (AvgIpc) is 2.28. The predicted octanol–water partition coefficient (Wildman–Crippen LogP) is 2.04. The van der Waals surface area contributed by atoms with Gasteiger partial charge in [-0.2, -0.15) is 0 Å². The van der Waals surface area contributed by atoms with E-state index in [2.05, 4.69) is 23.0 Å². The molecule has 1 saturated heterocycles. The van der Waals surface area contributed by atoms with Gasteiger partial charge in [0.2, 0.25) is 0 Å². The minimum Gasteiger partial charge on any atom is -0.375 e. The zero-order valence-electron chi connectivity index (χ0n) is 9.56. The third-order valence-corrected chi connectivity index (χ3v) is 2.86. The summed E-state index contributed by atoms with van der Waals surface area (Å²) >= 11 is 0. The Bertz CT molecular complexity index is 368. The lowest BCUT2D eigenvalue weighted by molar-refractivity contribution is 0.199. The van der Waals surface area contributed by atoms with E-state index in [1.807, 2.05) is 12.1 Å². The minimum atomic E-state index is -0.180. The molecule has 0 atom stereocenters. The lowest BCUT2D eigenvalue weighted by Crippen LogP contribution is -2.41. The molecule has 16 heavy (non-hydrogen) atoms. The average molecular weight is 220 g/mol. The summed E-state index contributed by atoms with van der Waals surface area (Å²) in [6.45, 7) is 4.27. The van der Waals surface area contributed by atoms with Crippen molar-refractivity contribution in [3.8, 4) is 0 Å². The molecule has 2 rings (SSSR count). The number of halogens is 1. The summed E-state index contributed by atoms with van der Waals surface area (Å²) in [7, 11) is 2.13. The van der Waals surface area contributed by atoms with Crippen molar-refractivity contribution in [3.63, 3.8) is 0 Å². The van der Waals surface area contributed by atoms with Gasteiger partial charge in [-0.05, 0) is 37.0 Å². The number of hydrogen-bond donors (Lipinski definition) is 0. The summed E-state index contributed by atoms with van der Waals surface area (Å²) in [6.07, 6.45) is 4.02. The summed E-state index contributed by atoms with van der Waals surface area (Å²) in [5.41, 5.74) is 0.916. The van der Waals surface area contributed by atoms with Crippen LogP contribution in [0.1, 0.15) is 5.56 Å². The summed E-state index contributed by atoms with van der Waals surface area (Å²) in [5, 5.41) is 0. The molecule has 1 aromatic rings. The van der Waals surface area contributed by atoms with Crippen molar-refractivity contribution in [2.75, 3.05) is 33.2 Å². The van der Waals surface area contributed by atoms with Crippen LogP contribution in [0.25, 0.3) is 6.08 Å². The Kier molecular flexibility index (Phi) is 3.57. The molecule has 0 radical (unpaired) electrons. The van der Waals surface area contributed by atoms with Gasteiger partial charge in [-0.1, -0.05) is 12.1 Å². The van der Waals surface area contributed by atoms with Crippen LogP contribution in [0, 0.1) is 5.82 Å². The van der Waals surface area contributed by atoms with Gasteiger partial charge in [0.05, 0.1) is 0 Å². The second-order valence-corrected chi connectivity index (χ2v) is 4.21. The molecule has 0 spiro atoms. The van der Waals surface area contributed by atoms with Gasteiger partial charge in [0.1, 0.15) is 5.82 Å². The van der Waals surface area contributed by atoms with Crippen LogP contribution in [0.2, 0.25) is 0 Å². The van der Waals surface area contributed by atoms with E-state index >= 15 is 0 Å². The SMILES string of the molecule is CN1CCN(/C=C/c2cccc(F)c2)CC1. The molecule has 3 heteroatoms. The van der Waals surface area contributed by atoms with Crippen molar-refractivity contribution < 1.29 is 4.39 Å². The maximum atomic E-state index is 12.9. The fraction of sp³-hybridized carbons (Fsp3) is 0.385. The second kappa shape index (κ2) is 5.12. The van der Waals surface area contributed by atoms with E-state index in [0.717, 1.165) is 31.7 Å². The third kappa shape index (κ3) is 3.07. The lowest BCUT2D eigenvalue weighted by atomic mass is 10.2. The highest BCUT2D eigenvalue weighted by molar-refractivity contribution is 5.48. The number of benzene rings is 1. The Morgan fingerprint density at radius 1 is 1.19 bits per heavy atom. The summed E-state index contributed by atoms with van der Waals surface area (Å²) in [6, 6.07) is 6.66. The van der Waals surface area contributed by atoms with Gasteiger partial charge in [-0.25, -0.2) is 4.39 Å². The first-order chi connectivity index (χ1) is 7.74. The van der Waals surface area contributed by atoms with Crippen LogP contribution in [-0.4, -0.2) is 43.0 Å². The summed E-state index contributed by atoms with van der Waals surface area (Å²) in [5.74, 6) is -0.180. The van der Waals surface area contributed by atoms with E-state index in [1.165, 1.54) is 6.07 Å². The largest absolute Gasteiger partial charge is 0.375 e. The van der Waals surface area contributed by atoms with Gasteiger partial charge in [0, 0.05) is 26.2 Å². The van der Waals surface area contributed by atoms with E-state index < -0.39 is 0 Å². The van der Waals surface area contributed by atoms with Gasteiger partial charge in [0.15, 0.2) is 0 Å². The molecule has 1 aliphatic rings. The van der Waals surface area contributed by atoms with Crippen LogP contribution in [0.5, 0.6) is 0 Å². The van der Waals surface area contributed by atoms with Crippen molar-refractivity contribution in [2.45, 2.75) is 0 Å². The molecule has 2 nitrogen and oxygen atoms in total. The molecule has 0 saturated carbocycles. The molecule has 1 aliphatic heterocycles. The third-order valence-electron chi connectivity index (χ3n) is 2.86. The molecule has 0 N–H and O–H groups in total. The van der Waals surface area contributed by atoms with Gasteiger partial charge in [-0.3, -0.25) is 0 Å². The first kappa shape index (κ1) is 11.1. The second-order valence-electron chi connectivity index (χ2n) is 4.21. The number of rotatable bonds is 2. The highest BCUT2D eigenvalue weighted by Gasteiger charge is 2.09. The Labute approximate surface area is 96.0 Å². The molecular formula is C13H17FN2. The lowest BCUT2D eigenvalue weighted by Gasteiger charge is -2.31. The number of likely N-dealkylation sites (N-methyl/N-ethyl adjacent to an activating group) is 1. The molecular weight excluding hydrogens is 203 g/mol. The number of nitrogens with zero attached hydrogens (tertiary/aromatic N) is 2. The molecule has 1 heterocycles. The van der Waals surface area contributed by atoms with E-state index in [4.69, 9.17) is 0 Å². The fourth-order valence-electron chi connectivity index (χ4n) is 1.77. The Morgan fingerprint density at radius 2 is 1.94 bits per heavy atom. The highest BCUT2D eigenvalue weighted by Crippen LogP contribution is 2.07. The monoisotopic (exact) mass is 220 g/mol. The Hall–Kier alpha value is -1.35. The van der Waals surface area contributed by atoms with Crippen molar-refractivity contribution in [3.05, 3.63) is 41.8 Å². The maximum Gasteiger partial charge on any atom is 0.123 e. The van der Waals surface area contributed by atoms with Crippen LogP contribution in [-0.2, 0) is 0 Å². The first-order valence-corrected chi connectivity index (χ1v) is 5.60.